The molecule has 2 aromatic heterocycles. The first kappa shape index (κ1) is 25.1. The number of aromatic nitrogens is 4. The van der Waals surface area contributed by atoms with Gasteiger partial charge >= 0.3 is 35.2 Å². The fourth-order valence-corrected chi connectivity index (χ4v) is 2.87. The number of nitro groups is 2. The largest absolute Gasteiger partial charge is 1.00 e. The van der Waals surface area contributed by atoms with E-state index in [1.54, 1.807) is 7.05 Å². The molecule has 15 nitrogen and oxygen atoms in total. The number of aromatic amines is 1. The van der Waals surface area contributed by atoms with Gasteiger partial charge in [0, 0.05) is 20.2 Å². The summed E-state index contributed by atoms with van der Waals surface area (Å²) in [5.74, 6) is 0. The number of imidazole rings is 1. The van der Waals surface area contributed by atoms with Crippen LogP contribution in [0.5, 0.6) is 0 Å². The molecule has 0 aliphatic carbocycles. The molecule has 0 saturated carbocycles. The molecule has 154 valence electrons. The number of hydrogen-bond donors (Lipinski definition) is 1. The van der Waals surface area contributed by atoms with Gasteiger partial charge in [0.25, 0.3) is 16.9 Å². The standard InChI is InChI=1S/C7H8N4O2.C6H4N2O7S.Na/c1-10-5-4(8-3-9-5)6(12)11(2)7(10)13;9-7(10)4-1-2-6(16(13,14)15)5(3-4)8(11)12;/h3H,1-2H3,(H,8,9);1-3H,(H,13,14,15);/q;;+1/p-1. The Morgan fingerprint density at radius 3 is 2.17 bits per heavy atom. The number of aryl methyl sites for hydroxylation is 1. The molecule has 1 N–H and O–H groups in total. The van der Waals surface area contributed by atoms with Gasteiger partial charge in [-0.25, -0.2) is 18.2 Å². The van der Waals surface area contributed by atoms with Crippen LogP contribution in [0.25, 0.3) is 11.2 Å². The molecule has 1 aromatic carbocycles. The van der Waals surface area contributed by atoms with Crippen molar-refractivity contribution >= 4 is 32.7 Å². The molecule has 0 atom stereocenters. The average molecular weight is 450 g/mol. The van der Waals surface area contributed by atoms with Gasteiger partial charge in [-0.15, -0.1) is 0 Å². The zero-order valence-corrected chi connectivity index (χ0v) is 18.4. The Bertz CT molecular complexity index is 1360. The maximum absolute atomic E-state index is 11.4. The summed E-state index contributed by atoms with van der Waals surface area (Å²) in [6.07, 6.45) is 1.39. The first-order chi connectivity index (χ1) is 13.4. The van der Waals surface area contributed by atoms with Crippen LogP contribution < -0.4 is 40.8 Å². The Morgan fingerprint density at radius 2 is 1.67 bits per heavy atom. The molecular formula is C13H11N6NaO9S. The van der Waals surface area contributed by atoms with Crippen LogP contribution in [0.15, 0.2) is 39.0 Å². The number of nitro benzene ring substituents is 2. The van der Waals surface area contributed by atoms with Gasteiger partial charge in [0.15, 0.2) is 5.65 Å². The summed E-state index contributed by atoms with van der Waals surface area (Å²) in [7, 11) is -2.03. The van der Waals surface area contributed by atoms with Crippen LogP contribution in [0.4, 0.5) is 11.4 Å². The molecule has 0 unspecified atom stereocenters. The monoisotopic (exact) mass is 450 g/mol. The van der Waals surface area contributed by atoms with Crippen LogP contribution in [0.1, 0.15) is 0 Å². The van der Waals surface area contributed by atoms with Gasteiger partial charge < -0.3 is 9.54 Å². The average Bonchev–Trinajstić information content (AvgIpc) is 3.14. The molecule has 0 aliphatic heterocycles. The van der Waals surface area contributed by atoms with E-state index in [1.807, 2.05) is 0 Å². The molecule has 0 fully saturated rings. The second-order valence-electron chi connectivity index (χ2n) is 5.43. The summed E-state index contributed by atoms with van der Waals surface area (Å²) in [6, 6.07) is 1.67. The van der Waals surface area contributed by atoms with E-state index in [1.165, 1.54) is 17.9 Å². The van der Waals surface area contributed by atoms with E-state index in [9.17, 15) is 42.8 Å². The fraction of sp³-hybridized carbons (Fsp3) is 0.154. The Labute approximate surface area is 188 Å². The molecule has 0 saturated heterocycles. The number of nitrogens with one attached hydrogen (secondary N) is 1. The predicted octanol–water partition coefficient (Wildman–Crippen LogP) is -3.63. The molecule has 0 spiro atoms. The van der Waals surface area contributed by atoms with Crippen molar-refractivity contribution in [1.82, 2.24) is 19.1 Å². The van der Waals surface area contributed by atoms with Crippen molar-refractivity contribution in [2.24, 2.45) is 14.1 Å². The minimum Gasteiger partial charge on any atom is -0.744 e. The third kappa shape index (κ3) is 4.97. The smallest absolute Gasteiger partial charge is 0.744 e. The van der Waals surface area contributed by atoms with Crippen LogP contribution in [-0.2, 0) is 24.2 Å². The second-order valence-corrected chi connectivity index (χ2v) is 6.78. The van der Waals surface area contributed by atoms with Crippen LogP contribution >= 0.6 is 0 Å². The molecule has 3 rings (SSSR count). The maximum atomic E-state index is 11.4. The minimum absolute atomic E-state index is 0. The SMILES string of the molecule is Cn1c(=O)c2[nH]cnc2n(C)c1=O.O=[N+]([O-])c1ccc(S(=O)(=O)[O-])c([N+](=O)[O-])c1.[Na+]. The van der Waals surface area contributed by atoms with Crippen LogP contribution in [0, 0.1) is 20.2 Å². The van der Waals surface area contributed by atoms with Gasteiger partial charge in [-0.05, 0) is 6.07 Å². The third-order valence-corrected chi connectivity index (χ3v) is 4.53. The first-order valence-corrected chi connectivity index (χ1v) is 8.75. The van der Waals surface area contributed by atoms with Crippen molar-refractivity contribution in [3.05, 3.63) is 65.6 Å². The van der Waals surface area contributed by atoms with Crippen molar-refractivity contribution in [2.45, 2.75) is 4.90 Å². The zero-order valence-electron chi connectivity index (χ0n) is 15.6. The van der Waals surface area contributed by atoms with E-state index in [2.05, 4.69) is 9.97 Å². The van der Waals surface area contributed by atoms with Crippen LogP contribution in [0.2, 0.25) is 0 Å². The van der Waals surface area contributed by atoms with E-state index in [0.717, 1.165) is 4.57 Å². The fourth-order valence-electron chi connectivity index (χ4n) is 2.24. The molecule has 3 aromatic rings. The number of H-pyrrole nitrogens is 1. The van der Waals surface area contributed by atoms with E-state index < -0.39 is 36.2 Å². The van der Waals surface area contributed by atoms with Crippen molar-refractivity contribution in [3.63, 3.8) is 0 Å². The number of fused-ring (bicyclic) bond motifs is 1. The zero-order chi connectivity index (χ0) is 22.1. The van der Waals surface area contributed by atoms with Crippen molar-refractivity contribution < 1.29 is 52.4 Å². The summed E-state index contributed by atoms with van der Waals surface area (Å²) in [4.78, 5) is 46.9. The van der Waals surface area contributed by atoms with Gasteiger partial charge in [0.1, 0.15) is 20.5 Å². The summed E-state index contributed by atoms with van der Waals surface area (Å²) in [5, 5.41) is 20.7. The van der Waals surface area contributed by atoms with Crippen molar-refractivity contribution in [2.75, 3.05) is 0 Å². The Hall–Kier alpha value is -2.92. The topological polar surface area (TPSA) is 216 Å². The number of hydrogen-bond acceptors (Lipinski definition) is 10. The summed E-state index contributed by atoms with van der Waals surface area (Å²) >= 11 is 0. The molecule has 0 bridgehead atoms. The molecule has 0 aliphatic rings. The van der Waals surface area contributed by atoms with Crippen molar-refractivity contribution in [1.29, 1.82) is 0 Å². The van der Waals surface area contributed by atoms with Gasteiger partial charge in [-0.2, -0.15) is 0 Å². The van der Waals surface area contributed by atoms with E-state index in [0.29, 0.717) is 29.4 Å². The molecule has 30 heavy (non-hydrogen) atoms. The maximum Gasteiger partial charge on any atom is 1.00 e. The summed E-state index contributed by atoms with van der Waals surface area (Å²) < 4.78 is 34.2. The number of nitrogens with zero attached hydrogens (tertiary/aromatic N) is 5. The normalized spacial score (nSPS) is 10.6. The second kappa shape index (κ2) is 9.26. The summed E-state index contributed by atoms with van der Waals surface area (Å²) in [5.41, 5.74) is -1.76. The molecule has 2 heterocycles. The molecule has 17 heteroatoms. The Balaban J connectivity index is 0.000000295. The van der Waals surface area contributed by atoms with Gasteiger partial charge in [0.05, 0.1) is 22.2 Å². The van der Waals surface area contributed by atoms with Gasteiger partial charge in [0.2, 0.25) is 0 Å². The molecule has 0 radical (unpaired) electrons. The first-order valence-electron chi connectivity index (χ1n) is 7.34. The van der Waals surface area contributed by atoms with Gasteiger partial charge in [-0.1, -0.05) is 0 Å². The number of benzene rings is 1. The van der Waals surface area contributed by atoms with Crippen LogP contribution in [-0.4, -0.2) is 41.9 Å². The molecular weight excluding hydrogens is 439 g/mol. The Kier molecular flexibility index (Phi) is 7.76. The Morgan fingerprint density at radius 1 is 1.07 bits per heavy atom. The molecule has 0 amide bonds. The quantitative estimate of drug-likeness (QED) is 0.179. The van der Waals surface area contributed by atoms with Gasteiger partial charge in [-0.3, -0.25) is 34.2 Å². The van der Waals surface area contributed by atoms with Crippen LogP contribution in [0.3, 0.4) is 0 Å². The minimum atomic E-state index is -5.04. The number of rotatable bonds is 3. The van der Waals surface area contributed by atoms with E-state index in [4.69, 9.17) is 0 Å². The third-order valence-electron chi connectivity index (χ3n) is 3.65. The number of non-ortho nitro benzene ring substituents is 1. The summed E-state index contributed by atoms with van der Waals surface area (Å²) in [6.45, 7) is 0. The predicted molar refractivity (Wildman–Crippen MR) is 94.3 cm³/mol. The van der Waals surface area contributed by atoms with E-state index >= 15 is 0 Å². The van der Waals surface area contributed by atoms with E-state index in [-0.39, 0.29) is 40.8 Å². The van der Waals surface area contributed by atoms with Crippen molar-refractivity contribution in [3.8, 4) is 0 Å².